The van der Waals surface area contributed by atoms with Gasteiger partial charge in [0.1, 0.15) is 5.82 Å². The number of nitrogens with one attached hydrogen (secondary N) is 2. The fraction of sp³-hybridized carbons (Fsp3) is 0.538. The Balaban J connectivity index is 2.94. The number of sulfonamides is 1. The van der Waals surface area contributed by atoms with Crippen LogP contribution in [0.4, 0.5) is 4.39 Å². The number of benzene rings is 1. The van der Waals surface area contributed by atoms with Gasteiger partial charge in [-0.15, -0.1) is 0 Å². The van der Waals surface area contributed by atoms with Gasteiger partial charge in [0.15, 0.2) is 0 Å². The Labute approximate surface area is 114 Å². The van der Waals surface area contributed by atoms with Crippen molar-refractivity contribution in [2.75, 3.05) is 13.1 Å². The number of hydrogen-bond donors (Lipinski definition) is 2. The summed E-state index contributed by atoms with van der Waals surface area (Å²) in [4.78, 5) is 0.0995. The number of hydrogen-bond acceptors (Lipinski definition) is 3. The van der Waals surface area contributed by atoms with Gasteiger partial charge in [-0.2, -0.15) is 0 Å². The average Bonchev–Trinajstić information content (AvgIpc) is 2.35. The molecular formula is C13H21FN2O2S. The van der Waals surface area contributed by atoms with Gasteiger partial charge in [-0.3, -0.25) is 0 Å². The molecule has 0 aromatic heterocycles. The van der Waals surface area contributed by atoms with Gasteiger partial charge < -0.3 is 5.32 Å². The predicted octanol–water partition coefficient (Wildman–Crippen LogP) is 1.87. The monoisotopic (exact) mass is 288 g/mol. The zero-order chi connectivity index (χ0) is 14.5. The van der Waals surface area contributed by atoms with E-state index in [0.29, 0.717) is 25.2 Å². The molecule has 6 heteroatoms. The fourth-order valence-corrected chi connectivity index (χ4v) is 2.74. The van der Waals surface area contributed by atoms with Crippen LogP contribution in [0.15, 0.2) is 23.1 Å². The summed E-state index contributed by atoms with van der Waals surface area (Å²) in [6.07, 6.45) is 0. The normalized spacial score (nSPS) is 12.1. The van der Waals surface area contributed by atoms with Gasteiger partial charge in [0.2, 0.25) is 10.0 Å². The minimum atomic E-state index is -3.56. The zero-order valence-electron chi connectivity index (χ0n) is 11.5. The maximum Gasteiger partial charge on any atom is 0.240 e. The highest BCUT2D eigenvalue weighted by Gasteiger charge is 2.16. The van der Waals surface area contributed by atoms with E-state index in [1.165, 1.54) is 18.2 Å². The van der Waals surface area contributed by atoms with Crippen LogP contribution in [0.3, 0.4) is 0 Å². The Morgan fingerprint density at radius 3 is 2.58 bits per heavy atom. The summed E-state index contributed by atoms with van der Waals surface area (Å²) in [5, 5.41) is 2.98. The van der Waals surface area contributed by atoms with Crippen molar-refractivity contribution >= 4 is 10.0 Å². The number of halogens is 1. The van der Waals surface area contributed by atoms with Gasteiger partial charge in [0.05, 0.1) is 4.90 Å². The Kier molecular flexibility index (Phi) is 5.90. The van der Waals surface area contributed by atoms with Crippen LogP contribution in [0, 0.1) is 11.7 Å². The van der Waals surface area contributed by atoms with Crippen LogP contribution in [-0.2, 0) is 16.6 Å². The van der Waals surface area contributed by atoms with Gasteiger partial charge in [0.25, 0.3) is 0 Å². The summed E-state index contributed by atoms with van der Waals surface area (Å²) < 4.78 is 40.1. The molecule has 0 saturated carbocycles. The molecule has 0 amide bonds. The van der Waals surface area contributed by atoms with E-state index in [-0.39, 0.29) is 10.8 Å². The van der Waals surface area contributed by atoms with E-state index < -0.39 is 15.8 Å². The number of rotatable bonds is 7. The maximum absolute atomic E-state index is 13.5. The van der Waals surface area contributed by atoms with E-state index >= 15 is 0 Å². The summed E-state index contributed by atoms with van der Waals surface area (Å²) in [5.74, 6) is -0.180. The first-order valence-corrected chi connectivity index (χ1v) is 7.84. The Morgan fingerprint density at radius 1 is 1.32 bits per heavy atom. The van der Waals surface area contributed by atoms with Crippen LogP contribution in [0.2, 0.25) is 0 Å². The maximum atomic E-state index is 13.5. The van der Waals surface area contributed by atoms with Crippen LogP contribution >= 0.6 is 0 Å². The highest BCUT2D eigenvalue weighted by atomic mass is 32.2. The minimum absolute atomic E-state index is 0.0995. The second kappa shape index (κ2) is 6.98. The quantitative estimate of drug-likeness (QED) is 0.805. The summed E-state index contributed by atoms with van der Waals surface area (Å²) in [5.41, 5.74) is 0.356. The third-order valence-corrected chi connectivity index (χ3v) is 4.00. The van der Waals surface area contributed by atoms with Gasteiger partial charge >= 0.3 is 0 Å². The molecule has 0 atom stereocenters. The zero-order valence-corrected chi connectivity index (χ0v) is 12.3. The van der Waals surface area contributed by atoms with E-state index in [0.717, 1.165) is 0 Å². The molecule has 1 aromatic rings. The molecule has 4 nitrogen and oxygen atoms in total. The lowest BCUT2D eigenvalue weighted by molar-refractivity contribution is 0.558. The topological polar surface area (TPSA) is 58.2 Å². The summed E-state index contributed by atoms with van der Waals surface area (Å²) >= 11 is 0. The Hall–Kier alpha value is -0.980. The first-order chi connectivity index (χ1) is 8.86. The molecule has 0 fully saturated rings. The molecule has 0 aliphatic heterocycles. The molecule has 0 bridgehead atoms. The third kappa shape index (κ3) is 4.89. The van der Waals surface area contributed by atoms with E-state index in [9.17, 15) is 12.8 Å². The standard InChI is InChI=1S/C13H21FN2O2S/c1-4-15-9-11-7-12(5-6-13(11)14)19(17,18)16-8-10(2)3/h5-7,10,15-16H,4,8-9H2,1-3H3. The van der Waals surface area contributed by atoms with Crippen molar-refractivity contribution in [3.05, 3.63) is 29.6 Å². The molecule has 0 saturated heterocycles. The highest BCUT2D eigenvalue weighted by molar-refractivity contribution is 7.89. The Morgan fingerprint density at radius 2 is 2.00 bits per heavy atom. The predicted molar refractivity (Wildman–Crippen MR) is 73.8 cm³/mol. The molecule has 1 aromatic carbocycles. The molecule has 2 N–H and O–H groups in total. The Bertz CT molecular complexity index is 515. The molecule has 0 spiro atoms. The molecule has 0 aliphatic carbocycles. The molecule has 19 heavy (non-hydrogen) atoms. The highest BCUT2D eigenvalue weighted by Crippen LogP contribution is 2.15. The molecule has 1 rings (SSSR count). The fourth-order valence-electron chi connectivity index (χ4n) is 1.47. The summed E-state index contributed by atoms with van der Waals surface area (Å²) in [7, 11) is -3.56. The van der Waals surface area contributed by atoms with E-state index in [1.807, 2.05) is 20.8 Å². The van der Waals surface area contributed by atoms with Gasteiger partial charge in [-0.25, -0.2) is 17.5 Å². The van der Waals surface area contributed by atoms with Crippen LogP contribution in [0.25, 0.3) is 0 Å². The SMILES string of the molecule is CCNCc1cc(S(=O)(=O)NCC(C)C)ccc1F. The van der Waals surface area contributed by atoms with Crippen molar-refractivity contribution < 1.29 is 12.8 Å². The lowest BCUT2D eigenvalue weighted by Gasteiger charge is -2.11. The lowest BCUT2D eigenvalue weighted by Crippen LogP contribution is -2.27. The summed E-state index contributed by atoms with van der Waals surface area (Å²) in [6, 6.07) is 3.85. The van der Waals surface area contributed by atoms with Crippen LogP contribution < -0.4 is 10.0 Å². The van der Waals surface area contributed by atoms with Crippen molar-refractivity contribution in [2.45, 2.75) is 32.2 Å². The van der Waals surface area contributed by atoms with Gasteiger partial charge in [-0.1, -0.05) is 20.8 Å². The molecule has 0 radical (unpaired) electrons. The van der Waals surface area contributed by atoms with Crippen molar-refractivity contribution in [3.8, 4) is 0 Å². The lowest BCUT2D eigenvalue weighted by atomic mass is 10.2. The largest absolute Gasteiger partial charge is 0.313 e. The van der Waals surface area contributed by atoms with Crippen molar-refractivity contribution in [1.82, 2.24) is 10.0 Å². The average molecular weight is 288 g/mol. The first-order valence-electron chi connectivity index (χ1n) is 6.35. The first kappa shape index (κ1) is 16.1. The van der Waals surface area contributed by atoms with Gasteiger partial charge in [-0.05, 0) is 30.7 Å². The third-order valence-electron chi connectivity index (χ3n) is 2.57. The molecular weight excluding hydrogens is 267 g/mol. The van der Waals surface area contributed by atoms with E-state index in [2.05, 4.69) is 10.0 Å². The second-order valence-electron chi connectivity index (χ2n) is 4.78. The van der Waals surface area contributed by atoms with Crippen LogP contribution in [-0.4, -0.2) is 21.5 Å². The minimum Gasteiger partial charge on any atom is -0.313 e. The van der Waals surface area contributed by atoms with Crippen LogP contribution in [0.1, 0.15) is 26.3 Å². The van der Waals surface area contributed by atoms with E-state index in [1.54, 1.807) is 0 Å². The molecule has 108 valence electrons. The van der Waals surface area contributed by atoms with Crippen molar-refractivity contribution in [2.24, 2.45) is 5.92 Å². The van der Waals surface area contributed by atoms with Crippen molar-refractivity contribution in [1.29, 1.82) is 0 Å². The van der Waals surface area contributed by atoms with Crippen LogP contribution in [0.5, 0.6) is 0 Å². The smallest absolute Gasteiger partial charge is 0.240 e. The molecule has 0 aliphatic rings. The van der Waals surface area contributed by atoms with Crippen molar-refractivity contribution in [3.63, 3.8) is 0 Å². The van der Waals surface area contributed by atoms with E-state index in [4.69, 9.17) is 0 Å². The molecule has 0 unspecified atom stereocenters. The second-order valence-corrected chi connectivity index (χ2v) is 6.55. The molecule has 0 heterocycles. The summed E-state index contributed by atoms with van der Waals surface area (Å²) in [6.45, 7) is 7.12. The van der Waals surface area contributed by atoms with Gasteiger partial charge in [0, 0.05) is 18.7 Å².